The summed E-state index contributed by atoms with van der Waals surface area (Å²) >= 11 is 0. The van der Waals surface area contributed by atoms with Gasteiger partial charge >= 0.3 is 0 Å². The van der Waals surface area contributed by atoms with E-state index in [2.05, 4.69) is 12.2 Å². The average Bonchev–Trinajstić information content (AvgIpc) is 2.62. The number of ether oxygens (including phenoxy) is 1. The molecule has 25 heavy (non-hydrogen) atoms. The van der Waals surface area contributed by atoms with E-state index in [0.29, 0.717) is 17.0 Å². The van der Waals surface area contributed by atoms with Crippen molar-refractivity contribution in [3.05, 3.63) is 59.7 Å². The first kappa shape index (κ1) is 18.5. The number of carbonyl (C=O) groups excluding carboxylic acids is 2. The van der Waals surface area contributed by atoms with Gasteiger partial charge in [-0.25, -0.2) is 0 Å². The maximum absolute atomic E-state index is 12.4. The fraction of sp³-hybridized carbons (Fsp3) is 0.300. The van der Waals surface area contributed by atoms with Crippen LogP contribution in [0.5, 0.6) is 5.75 Å². The van der Waals surface area contributed by atoms with Gasteiger partial charge in [0.15, 0.2) is 6.10 Å². The zero-order valence-corrected chi connectivity index (χ0v) is 15.1. The molecular formula is C20H24N2O3. The quantitative estimate of drug-likeness (QED) is 0.877. The molecule has 0 fully saturated rings. The van der Waals surface area contributed by atoms with Crippen molar-refractivity contribution in [2.45, 2.75) is 26.4 Å². The molecule has 0 aromatic heterocycles. The Hall–Kier alpha value is -2.82. The number of benzene rings is 2. The Morgan fingerprint density at radius 3 is 2.32 bits per heavy atom. The largest absolute Gasteiger partial charge is 0.481 e. The number of rotatable bonds is 6. The van der Waals surface area contributed by atoms with Crippen molar-refractivity contribution in [3.63, 3.8) is 0 Å². The molecule has 0 saturated heterocycles. The van der Waals surface area contributed by atoms with Gasteiger partial charge in [-0.05, 0) is 43.2 Å². The van der Waals surface area contributed by atoms with Crippen molar-refractivity contribution in [1.29, 1.82) is 0 Å². The van der Waals surface area contributed by atoms with E-state index in [0.717, 1.165) is 6.42 Å². The molecule has 5 nitrogen and oxygen atoms in total. The van der Waals surface area contributed by atoms with Gasteiger partial charge < -0.3 is 15.0 Å². The fourth-order valence-electron chi connectivity index (χ4n) is 2.32. The van der Waals surface area contributed by atoms with Crippen LogP contribution in [0.4, 0.5) is 5.69 Å². The van der Waals surface area contributed by atoms with Gasteiger partial charge in [0, 0.05) is 14.1 Å². The number of amides is 2. The minimum atomic E-state index is -0.685. The minimum Gasteiger partial charge on any atom is -0.481 e. The molecule has 0 aliphatic rings. The summed E-state index contributed by atoms with van der Waals surface area (Å²) < 4.78 is 5.69. The van der Waals surface area contributed by atoms with Crippen LogP contribution in [0.25, 0.3) is 0 Å². The molecule has 0 aliphatic heterocycles. The lowest BCUT2D eigenvalue weighted by Crippen LogP contribution is -2.31. The van der Waals surface area contributed by atoms with Crippen molar-refractivity contribution in [3.8, 4) is 5.75 Å². The summed E-state index contributed by atoms with van der Waals surface area (Å²) in [5.41, 5.74) is 2.13. The second kappa shape index (κ2) is 8.33. The van der Waals surface area contributed by atoms with Gasteiger partial charge in [0.2, 0.25) is 0 Å². The first-order chi connectivity index (χ1) is 11.9. The molecule has 0 unspecified atom stereocenters. The number of nitrogens with one attached hydrogen (secondary N) is 1. The highest BCUT2D eigenvalue weighted by molar-refractivity contribution is 6.04. The molecule has 1 N–H and O–H groups in total. The SMILES string of the molecule is CCc1ccc(O[C@H](C)C(=O)Nc2ccccc2C(=O)N(C)C)cc1. The van der Waals surface area contributed by atoms with Gasteiger partial charge in [-0.3, -0.25) is 9.59 Å². The molecule has 2 aromatic carbocycles. The number of hydrogen-bond donors (Lipinski definition) is 1. The number of carbonyl (C=O) groups is 2. The zero-order valence-electron chi connectivity index (χ0n) is 15.1. The van der Waals surface area contributed by atoms with Crippen LogP contribution in [0.3, 0.4) is 0 Å². The third-order valence-electron chi connectivity index (χ3n) is 3.84. The van der Waals surface area contributed by atoms with Crippen molar-refractivity contribution < 1.29 is 14.3 Å². The summed E-state index contributed by atoms with van der Waals surface area (Å²) in [7, 11) is 3.35. The second-order valence-electron chi connectivity index (χ2n) is 5.99. The second-order valence-corrected chi connectivity index (χ2v) is 5.99. The molecule has 0 spiro atoms. The predicted octanol–water partition coefficient (Wildman–Crippen LogP) is 3.36. The van der Waals surface area contributed by atoms with E-state index in [9.17, 15) is 9.59 Å². The zero-order chi connectivity index (χ0) is 18.4. The van der Waals surface area contributed by atoms with Crippen LogP contribution < -0.4 is 10.1 Å². The van der Waals surface area contributed by atoms with Crippen LogP contribution in [0, 0.1) is 0 Å². The molecule has 1 atom stereocenters. The molecule has 0 aliphatic carbocycles. The van der Waals surface area contributed by atoms with Crippen LogP contribution in [0.2, 0.25) is 0 Å². The molecule has 132 valence electrons. The topological polar surface area (TPSA) is 58.6 Å². The summed E-state index contributed by atoms with van der Waals surface area (Å²) in [6, 6.07) is 14.6. The lowest BCUT2D eigenvalue weighted by Gasteiger charge is -2.18. The average molecular weight is 340 g/mol. The van der Waals surface area contributed by atoms with E-state index in [4.69, 9.17) is 4.74 Å². The molecule has 5 heteroatoms. The third-order valence-corrected chi connectivity index (χ3v) is 3.84. The van der Waals surface area contributed by atoms with E-state index in [-0.39, 0.29) is 11.8 Å². The van der Waals surface area contributed by atoms with E-state index in [1.165, 1.54) is 10.5 Å². The highest BCUT2D eigenvalue weighted by atomic mass is 16.5. The standard InChI is InChI=1S/C20H24N2O3/c1-5-15-10-12-16(13-11-15)25-14(2)19(23)21-18-9-7-6-8-17(18)20(24)22(3)4/h6-14H,5H2,1-4H3,(H,21,23)/t14-/m1/s1. The van der Waals surface area contributed by atoms with Crippen molar-refractivity contribution in [1.82, 2.24) is 4.90 Å². The Balaban J connectivity index is 2.07. The minimum absolute atomic E-state index is 0.167. The summed E-state index contributed by atoms with van der Waals surface area (Å²) in [4.78, 5) is 26.1. The number of anilines is 1. The van der Waals surface area contributed by atoms with Gasteiger partial charge in [0.1, 0.15) is 5.75 Å². The molecule has 0 heterocycles. The smallest absolute Gasteiger partial charge is 0.265 e. The molecule has 0 radical (unpaired) electrons. The van der Waals surface area contributed by atoms with Crippen molar-refractivity contribution in [2.24, 2.45) is 0 Å². The van der Waals surface area contributed by atoms with E-state index >= 15 is 0 Å². The Morgan fingerprint density at radius 1 is 1.08 bits per heavy atom. The van der Waals surface area contributed by atoms with E-state index in [1.54, 1.807) is 45.3 Å². The normalized spacial score (nSPS) is 11.5. The number of para-hydroxylation sites is 1. The first-order valence-corrected chi connectivity index (χ1v) is 8.29. The maximum Gasteiger partial charge on any atom is 0.265 e. The highest BCUT2D eigenvalue weighted by Crippen LogP contribution is 2.18. The number of hydrogen-bond acceptors (Lipinski definition) is 3. The highest BCUT2D eigenvalue weighted by Gasteiger charge is 2.19. The van der Waals surface area contributed by atoms with Gasteiger partial charge in [0.25, 0.3) is 11.8 Å². The van der Waals surface area contributed by atoms with E-state index in [1.807, 2.05) is 24.3 Å². The van der Waals surface area contributed by atoms with Crippen molar-refractivity contribution in [2.75, 3.05) is 19.4 Å². The van der Waals surface area contributed by atoms with E-state index < -0.39 is 6.10 Å². The predicted molar refractivity (Wildman–Crippen MR) is 99.0 cm³/mol. The van der Waals surface area contributed by atoms with Crippen LogP contribution in [0.15, 0.2) is 48.5 Å². The summed E-state index contributed by atoms with van der Waals surface area (Å²) in [6.07, 6.45) is 0.266. The van der Waals surface area contributed by atoms with Crippen LogP contribution in [-0.4, -0.2) is 36.9 Å². The van der Waals surface area contributed by atoms with Crippen LogP contribution >= 0.6 is 0 Å². The summed E-state index contributed by atoms with van der Waals surface area (Å²) in [5, 5.41) is 2.78. The molecular weight excluding hydrogens is 316 g/mol. The molecule has 2 rings (SSSR count). The van der Waals surface area contributed by atoms with Crippen LogP contribution in [-0.2, 0) is 11.2 Å². The Morgan fingerprint density at radius 2 is 1.72 bits per heavy atom. The van der Waals surface area contributed by atoms with Gasteiger partial charge in [-0.1, -0.05) is 31.2 Å². The number of aryl methyl sites for hydroxylation is 1. The fourth-order valence-corrected chi connectivity index (χ4v) is 2.32. The Labute approximate surface area is 148 Å². The lowest BCUT2D eigenvalue weighted by molar-refractivity contribution is -0.122. The molecule has 0 bridgehead atoms. The monoisotopic (exact) mass is 340 g/mol. The Kier molecular flexibility index (Phi) is 6.17. The molecule has 2 amide bonds. The van der Waals surface area contributed by atoms with Gasteiger partial charge in [0.05, 0.1) is 11.3 Å². The summed E-state index contributed by atoms with van der Waals surface area (Å²) in [6.45, 7) is 3.76. The maximum atomic E-state index is 12.4. The van der Waals surface area contributed by atoms with Crippen molar-refractivity contribution >= 4 is 17.5 Å². The molecule has 0 saturated carbocycles. The number of nitrogens with zero attached hydrogens (tertiary/aromatic N) is 1. The third kappa shape index (κ3) is 4.83. The summed E-state index contributed by atoms with van der Waals surface area (Å²) in [5.74, 6) is 0.163. The van der Waals surface area contributed by atoms with Crippen LogP contribution in [0.1, 0.15) is 29.8 Å². The first-order valence-electron chi connectivity index (χ1n) is 8.29. The molecule has 2 aromatic rings. The Bertz CT molecular complexity index is 739. The lowest BCUT2D eigenvalue weighted by atomic mass is 10.1. The van der Waals surface area contributed by atoms with Gasteiger partial charge in [-0.15, -0.1) is 0 Å². The van der Waals surface area contributed by atoms with Gasteiger partial charge in [-0.2, -0.15) is 0 Å².